The molecular weight excluding hydrogens is 286 g/mol. The molecule has 0 aromatic heterocycles. The topological polar surface area (TPSA) is 18.5 Å². The summed E-state index contributed by atoms with van der Waals surface area (Å²) < 4.78 is 38.4. The third-order valence-electron chi connectivity index (χ3n) is 3.60. The minimum atomic E-state index is -0.946. The van der Waals surface area contributed by atoms with Crippen molar-refractivity contribution in [3.05, 3.63) is 47.2 Å². The first-order chi connectivity index (χ1) is 10.7. The molecule has 0 amide bonds. The third-order valence-corrected chi connectivity index (χ3v) is 3.60. The lowest BCUT2D eigenvalue weighted by Gasteiger charge is -2.20. The number of rotatable bonds is 6. The van der Waals surface area contributed by atoms with Gasteiger partial charge >= 0.3 is 0 Å². The minimum absolute atomic E-state index is 0.0572. The van der Waals surface area contributed by atoms with E-state index in [1.807, 2.05) is 0 Å². The summed E-state index contributed by atoms with van der Waals surface area (Å²) in [5.41, 5.74) is 1.51. The van der Waals surface area contributed by atoms with E-state index in [9.17, 15) is 8.78 Å². The summed E-state index contributed by atoms with van der Waals surface area (Å²) in [4.78, 5) is 0. The zero-order chi connectivity index (χ0) is 15.9. The molecule has 0 fully saturated rings. The van der Waals surface area contributed by atoms with Crippen molar-refractivity contribution >= 4 is 6.08 Å². The van der Waals surface area contributed by atoms with Crippen LogP contribution < -0.4 is 4.74 Å². The monoisotopic (exact) mass is 308 g/mol. The highest BCUT2D eigenvalue weighted by Gasteiger charge is 2.15. The lowest BCUT2D eigenvalue weighted by Crippen LogP contribution is -2.11. The zero-order valence-electron chi connectivity index (χ0n) is 13.1. The average Bonchev–Trinajstić information content (AvgIpc) is 2.53. The van der Waals surface area contributed by atoms with E-state index in [0.29, 0.717) is 6.61 Å². The Balaban J connectivity index is 2.04. The molecule has 0 radical (unpaired) electrons. The second kappa shape index (κ2) is 7.97. The molecule has 1 aromatic carbocycles. The summed E-state index contributed by atoms with van der Waals surface area (Å²) in [6.45, 7) is 4.16. The van der Waals surface area contributed by atoms with Crippen molar-refractivity contribution < 1.29 is 18.3 Å². The van der Waals surface area contributed by atoms with Crippen LogP contribution in [0.4, 0.5) is 8.78 Å². The van der Waals surface area contributed by atoms with Gasteiger partial charge in [0.15, 0.2) is 11.6 Å². The normalized spacial score (nSPS) is 18.2. The molecule has 1 unspecified atom stereocenters. The van der Waals surface area contributed by atoms with Gasteiger partial charge in [-0.25, -0.2) is 4.39 Å². The van der Waals surface area contributed by atoms with Crippen molar-refractivity contribution in [2.24, 2.45) is 0 Å². The molecule has 1 aliphatic heterocycles. The Bertz CT molecular complexity index is 564. The summed E-state index contributed by atoms with van der Waals surface area (Å²) in [6, 6.07) is 2.96. The predicted molar refractivity (Wildman–Crippen MR) is 83.7 cm³/mol. The smallest absolute Gasteiger partial charge is 0.201 e. The first-order valence-corrected chi connectivity index (χ1v) is 7.78. The van der Waals surface area contributed by atoms with E-state index in [1.165, 1.54) is 17.7 Å². The summed E-state index contributed by atoms with van der Waals surface area (Å²) in [5.74, 6) is -1.89. The molecule has 0 bridgehead atoms. The van der Waals surface area contributed by atoms with Crippen LogP contribution in [0, 0.1) is 11.6 Å². The van der Waals surface area contributed by atoms with Gasteiger partial charge < -0.3 is 9.47 Å². The fourth-order valence-corrected chi connectivity index (χ4v) is 2.44. The van der Waals surface area contributed by atoms with Crippen molar-refractivity contribution in [2.75, 3.05) is 6.61 Å². The number of hydrogen-bond donors (Lipinski definition) is 0. The zero-order valence-corrected chi connectivity index (χ0v) is 13.1. The second-order valence-electron chi connectivity index (χ2n) is 5.31. The fourth-order valence-electron chi connectivity index (χ4n) is 2.44. The van der Waals surface area contributed by atoms with E-state index in [2.05, 4.69) is 6.92 Å². The first-order valence-electron chi connectivity index (χ1n) is 7.78. The van der Waals surface area contributed by atoms with E-state index in [4.69, 9.17) is 9.47 Å². The van der Waals surface area contributed by atoms with Gasteiger partial charge in [0.2, 0.25) is 5.82 Å². The van der Waals surface area contributed by atoms with Crippen molar-refractivity contribution in [1.82, 2.24) is 0 Å². The Morgan fingerprint density at radius 3 is 2.73 bits per heavy atom. The molecule has 2 rings (SSSR count). The van der Waals surface area contributed by atoms with Gasteiger partial charge in [0.25, 0.3) is 0 Å². The Kier molecular flexibility index (Phi) is 5.99. The third kappa shape index (κ3) is 4.09. The van der Waals surface area contributed by atoms with Crippen LogP contribution in [0.15, 0.2) is 30.0 Å². The van der Waals surface area contributed by atoms with Crippen LogP contribution in [0.25, 0.3) is 6.08 Å². The van der Waals surface area contributed by atoms with Crippen molar-refractivity contribution in [3.8, 4) is 5.75 Å². The summed E-state index contributed by atoms with van der Waals surface area (Å²) in [7, 11) is 0. The van der Waals surface area contributed by atoms with E-state index in [-0.39, 0.29) is 17.4 Å². The number of halogens is 2. The fraction of sp³-hybridized carbons (Fsp3) is 0.444. The van der Waals surface area contributed by atoms with Gasteiger partial charge in [0, 0.05) is 5.56 Å². The molecule has 1 aliphatic rings. The largest absolute Gasteiger partial charge is 0.494 e. The van der Waals surface area contributed by atoms with E-state index >= 15 is 0 Å². The Morgan fingerprint density at radius 1 is 1.27 bits per heavy atom. The molecule has 0 saturated heterocycles. The maximum atomic E-state index is 13.9. The summed E-state index contributed by atoms with van der Waals surface area (Å²) in [5, 5.41) is 0. The van der Waals surface area contributed by atoms with Crippen molar-refractivity contribution in [1.29, 1.82) is 0 Å². The Morgan fingerprint density at radius 2 is 2.09 bits per heavy atom. The van der Waals surface area contributed by atoms with Crippen LogP contribution in [-0.2, 0) is 4.74 Å². The maximum absolute atomic E-state index is 13.9. The molecule has 1 atom stereocenters. The predicted octanol–water partition coefficient (Wildman–Crippen LogP) is 5.24. The van der Waals surface area contributed by atoms with E-state index in [1.54, 1.807) is 25.3 Å². The molecule has 0 saturated carbocycles. The SMILES string of the molecule is CCCC1=COC(C=Cc2ccc(OCC)c(F)c2F)CC1. The number of benzene rings is 1. The van der Waals surface area contributed by atoms with Crippen LogP contribution in [0.5, 0.6) is 5.75 Å². The number of ether oxygens (including phenoxy) is 2. The van der Waals surface area contributed by atoms with Crippen LogP contribution in [-0.4, -0.2) is 12.7 Å². The second-order valence-corrected chi connectivity index (χ2v) is 5.31. The Labute approximate surface area is 130 Å². The highest BCUT2D eigenvalue weighted by atomic mass is 19.2. The van der Waals surface area contributed by atoms with Gasteiger partial charge in [-0.3, -0.25) is 0 Å². The van der Waals surface area contributed by atoms with Gasteiger partial charge in [0.05, 0.1) is 12.9 Å². The van der Waals surface area contributed by atoms with Crippen molar-refractivity contribution in [2.45, 2.75) is 45.6 Å². The van der Waals surface area contributed by atoms with Crippen LogP contribution in [0.2, 0.25) is 0 Å². The van der Waals surface area contributed by atoms with Crippen LogP contribution >= 0.6 is 0 Å². The van der Waals surface area contributed by atoms with E-state index in [0.717, 1.165) is 25.7 Å². The quantitative estimate of drug-likeness (QED) is 0.715. The molecule has 0 N–H and O–H groups in total. The van der Waals surface area contributed by atoms with Gasteiger partial charge in [-0.15, -0.1) is 0 Å². The van der Waals surface area contributed by atoms with Gasteiger partial charge in [0.1, 0.15) is 6.10 Å². The molecule has 1 aromatic rings. The van der Waals surface area contributed by atoms with Gasteiger partial charge in [-0.1, -0.05) is 19.4 Å². The molecule has 2 nitrogen and oxygen atoms in total. The van der Waals surface area contributed by atoms with Gasteiger partial charge in [-0.2, -0.15) is 4.39 Å². The molecule has 0 spiro atoms. The molecule has 22 heavy (non-hydrogen) atoms. The highest BCUT2D eigenvalue weighted by molar-refractivity contribution is 5.52. The minimum Gasteiger partial charge on any atom is -0.494 e. The van der Waals surface area contributed by atoms with Crippen LogP contribution in [0.3, 0.4) is 0 Å². The lowest BCUT2D eigenvalue weighted by molar-refractivity contribution is 0.159. The standard InChI is InChI=1S/C18H22F2O2/c1-3-5-13-6-9-15(22-12-13)10-7-14-8-11-16(21-4-2)18(20)17(14)19/h7-8,10-12,15H,3-6,9H2,1-2H3. The molecule has 0 aliphatic carbocycles. The lowest BCUT2D eigenvalue weighted by atomic mass is 10.0. The first kappa shape index (κ1) is 16.5. The molecule has 1 heterocycles. The van der Waals surface area contributed by atoms with Crippen LogP contribution in [0.1, 0.15) is 45.1 Å². The summed E-state index contributed by atoms with van der Waals surface area (Å²) >= 11 is 0. The average molecular weight is 308 g/mol. The summed E-state index contributed by atoms with van der Waals surface area (Å²) in [6.07, 6.45) is 9.06. The molecule has 4 heteroatoms. The van der Waals surface area contributed by atoms with E-state index < -0.39 is 11.6 Å². The molecular formula is C18H22F2O2. The number of hydrogen-bond acceptors (Lipinski definition) is 2. The maximum Gasteiger partial charge on any atom is 0.201 e. The van der Waals surface area contributed by atoms with Gasteiger partial charge in [-0.05, 0) is 50.0 Å². The Hall–Kier alpha value is -1.84. The van der Waals surface area contributed by atoms with Crippen molar-refractivity contribution in [3.63, 3.8) is 0 Å². The molecule has 120 valence electrons. The highest BCUT2D eigenvalue weighted by Crippen LogP contribution is 2.25. The number of allylic oxidation sites excluding steroid dienone is 1.